The second-order valence-corrected chi connectivity index (χ2v) is 4.00. The van der Waals surface area contributed by atoms with Gasteiger partial charge in [-0.3, -0.25) is 9.69 Å². The SMILES string of the molecule is O=C(O)CC1CN(C2CCC2)C1. The van der Waals surface area contributed by atoms with Crippen molar-refractivity contribution in [2.45, 2.75) is 31.7 Å². The van der Waals surface area contributed by atoms with Gasteiger partial charge in [0.05, 0.1) is 6.42 Å². The Morgan fingerprint density at radius 2 is 2.08 bits per heavy atom. The summed E-state index contributed by atoms with van der Waals surface area (Å²) in [7, 11) is 0. The number of nitrogens with zero attached hydrogens (tertiary/aromatic N) is 1. The lowest BCUT2D eigenvalue weighted by Crippen LogP contribution is -2.54. The third kappa shape index (κ3) is 1.46. The number of carbonyl (C=O) groups is 1. The molecular weight excluding hydrogens is 154 g/mol. The van der Waals surface area contributed by atoms with E-state index in [0.717, 1.165) is 19.1 Å². The number of hydrogen-bond donors (Lipinski definition) is 1. The normalized spacial score (nSPS) is 26.3. The van der Waals surface area contributed by atoms with Crippen molar-refractivity contribution in [1.29, 1.82) is 0 Å². The molecule has 1 heterocycles. The summed E-state index contributed by atoms with van der Waals surface area (Å²) in [4.78, 5) is 12.8. The number of carboxylic acids is 1. The smallest absolute Gasteiger partial charge is 0.303 e. The molecule has 0 radical (unpaired) electrons. The first-order valence-corrected chi connectivity index (χ1v) is 4.71. The molecule has 3 heteroatoms. The maximum Gasteiger partial charge on any atom is 0.303 e. The Morgan fingerprint density at radius 3 is 2.50 bits per heavy atom. The fourth-order valence-electron chi connectivity index (χ4n) is 2.04. The Labute approximate surface area is 72.4 Å². The Morgan fingerprint density at radius 1 is 1.42 bits per heavy atom. The molecule has 1 N–H and O–H groups in total. The van der Waals surface area contributed by atoms with Gasteiger partial charge in [-0.05, 0) is 18.8 Å². The van der Waals surface area contributed by atoms with Gasteiger partial charge in [-0.15, -0.1) is 0 Å². The van der Waals surface area contributed by atoms with Crippen LogP contribution in [-0.4, -0.2) is 35.1 Å². The molecule has 0 aromatic heterocycles. The van der Waals surface area contributed by atoms with Crippen LogP contribution < -0.4 is 0 Å². The summed E-state index contributed by atoms with van der Waals surface area (Å²) < 4.78 is 0. The van der Waals surface area contributed by atoms with E-state index in [1.54, 1.807) is 0 Å². The molecule has 0 aromatic carbocycles. The fraction of sp³-hybridized carbons (Fsp3) is 0.889. The molecule has 0 unspecified atom stereocenters. The van der Waals surface area contributed by atoms with Gasteiger partial charge >= 0.3 is 5.97 Å². The molecule has 68 valence electrons. The van der Waals surface area contributed by atoms with Crippen molar-refractivity contribution in [1.82, 2.24) is 4.90 Å². The summed E-state index contributed by atoms with van der Waals surface area (Å²) in [5.41, 5.74) is 0. The van der Waals surface area contributed by atoms with Crippen LogP contribution in [0.25, 0.3) is 0 Å². The van der Waals surface area contributed by atoms with Gasteiger partial charge in [0.2, 0.25) is 0 Å². The predicted molar refractivity (Wildman–Crippen MR) is 45.0 cm³/mol. The van der Waals surface area contributed by atoms with E-state index in [4.69, 9.17) is 5.11 Å². The van der Waals surface area contributed by atoms with Gasteiger partial charge in [0.25, 0.3) is 0 Å². The van der Waals surface area contributed by atoms with Crippen LogP contribution in [0.4, 0.5) is 0 Å². The summed E-state index contributed by atoms with van der Waals surface area (Å²) in [5.74, 6) is -0.212. The summed E-state index contributed by atoms with van der Waals surface area (Å²) in [6, 6.07) is 0.801. The minimum absolute atomic E-state index is 0.364. The number of aliphatic carboxylic acids is 1. The highest BCUT2D eigenvalue weighted by molar-refractivity contribution is 5.67. The van der Waals surface area contributed by atoms with E-state index in [1.165, 1.54) is 19.3 Å². The van der Waals surface area contributed by atoms with Gasteiger partial charge in [0.1, 0.15) is 0 Å². The molecular formula is C9H15NO2. The lowest BCUT2D eigenvalue weighted by atomic mass is 9.85. The molecule has 0 atom stereocenters. The Bertz CT molecular complexity index is 183. The summed E-state index contributed by atoms with van der Waals surface area (Å²) in [6.07, 6.45) is 4.40. The second kappa shape index (κ2) is 3.05. The zero-order valence-electron chi connectivity index (χ0n) is 7.20. The molecule has 2 aliphatic rings. The van der Waals surface area contributed by atoms with Crippen molar-refractivity contribution in [2.24, 2.45) is 5.92 Å². The molecule has 1 aliphatic heterocycles. The van der Waals surface area contributed by atoms with Gasteiger partial charge in [-0.1, -0.05) is 6.42 Å². The van der Waals surface area contributed by atoms with Crippen LogP contribution >= 0.6 is 0 Å². The second-order valence-electron chi connectivity index (χ2n) is 4.00. The van der Waals surface area contributed by atoms with Crippen LogP contribution in [0.15, 0.2) is 0 Å². The highest BCUT2D eigenvalue weighted by atomic mass is 16.4. The van der Waals surface area contributed by atoms with E-state index in [2.05, 4.69) is 4.90 Å². The molecule has 0 spiro atoms. The van der Waals surface area contributed by atoms with Gasteiger partial charge in [-0.25, -0.2) is 0 Å². The molecule has 0 bridgehead atoms. The number of hydrogen-bond acceptors (Lipinski definition) is 2. The minimum atomic E-state index is -0.645. The van der Waals surface area contributed by atoms with E-state index in [9.17, 15) is 4.79 Å². The first kappa shape index (κ1) is 8.05. The summed E-state index contributed by atoms with van der Waals surface area (Å²) >= 11 is 0. The predicted octanol–water partition coefficient (Wildman–Crippen LogP) is 0.945. The minimum Gasteiger partial charge on any atom is -0.481 e. The maximum absolute atomic E-state index is 10.3. The molecule has 1 saturated heterocycles. The molecule has 0 aromatic rings. The molecule has 2 rings (SSSR count). The first-order valence-electron chi connectivity index (χ1n) is 4.71. The van der Waals surface area contributed by atoms with E-state index in [1.807, 2.05) is 0 Å². The fourth-order valence-corrected chi connectivity index (χ4v) is 2.04. The van der Waals surface area contributed by atoms with Crippen LogP contribution in [-0.2, 0) is 4.79 Å². The first-order chi connectivity index (χ1) is 5.75. The molecule has 0 amide bonds. The highest BCUT2D eigenvalue weighted by Gasteiger charge is 2.35. The monoisotopic (exact) mass is 169 g/mol. The van der Waals surface area contributed by atoms with E-state index < -0.39 is 5.97 Å². The lowest BCUT2D eigenvalue weighted by Gasteiger charge is -2.47. The lowest BCUT2D eigenvalue weighted by molar-refractivity contribution is -0.140. The average Bonchev–Trinajstić information content (AvgIpc) is 1.77. The zero-order chi connectivity index (χ0) is 8.55. The zero-order valence-corrected chi connectivity index (χ0v) is 7.20. The molecule has 1 aliphatic carbocycles. The molecule has 12 heavy (non-hydrogen) atoms. The van der Waals surface area contributed by atoms with Crippen molar-refractivity contribution in [2.75, 3.05) is 13.1 Å². The van der Waals surface area contributed by atoms with E-state index in [0.29, 0.717) is 12.3 Å². The molecule has 1 saturated carbocycles. The maximum atomic E-state index is 10.3. The quantitative estimate of drug-likeness (QED) is 0.683. The van der Waals surface area contributed by atoms with Crippen LogP contribution in [0, 0.1) is 5.92 Å². The van der Waals surface area contributed by atoms with Crippen LogP contribution in [0.3, 0.4) is 0 Å². The number of carboxylic acid groups (broad SMARTS) is 1. The van der Waals surface area contributed by atoms with Gasteiger partial charge in [0.15, 0.2) is 0 Å². The summed E-state index contributed by atoms with van der Waals surface area (Å²) in [6.45, 7) is 2.05. The average molecular weight is 169 g/mol. The topological polar surface area (TPSA) is 40.5 Å². The van der Waals surface area contributed by atoms with Crippen molar-refractivity contribution < 1.29 is 9.90 Å². The third-order valence-electron chi connectivity index (χ3n) is 3.04. The van der Waals surface area contributed by atoms with E-state index in [-0.39, 0.29) is 0 Å². The van der Waals surface area contributed by atoms with Gasteiger partial charge in [-0.2, -0.15) is 0 Å². The third-order valence-corrected chi connectivity index (χ3v) is 3.04. The van der Waals surface area contributed by atoms with Crippen LogP contribution in [0.5, 0.6) is 0 Å². The van der Waals surface area contributed by atoms with E-state index >= 15 is 0 Å². The van der Waals surface area contributed by atoms with Gasteiger partial charge < -0.3 is 5.11 Å². The molecule has 2 fully saturated rings. The largest absolute Gasteiger partial charge is 0.481 e. The van der Waals surface area contributed by atoms with Crippen molar-refractivity contribution in [3.8, 4) is 0 Å². The van der Waals surface area contributed by atoms with Crippen LogP contribution in [0.2, 0.25) is 0 Å². The van der Waals surface area contributed by atoms with Crippen molar-refractivity contribution in [3.63, 3.8) is 0 Å². The van der Waals surface area contributed by atoms with Crippen LogP contribution in [0.1, 0.15) is 25.7 Å². The van der Waals surface area contributed by atoms with Gasteiger partial charge in [0, 0.05) is 19.1 Å². The molecule has 3 nitrogen and oxygen atoms in total. The Kier molecular flexibility index (Phi) is 2.05. The van der Waals surface area contributed by atoms with Crippen molar-refractivity contribution >= 4 is 5.97 Å². The summed E-state index contributed by atoms with van der Waals surface area (Å²) in [5, 5.41) is 8.53. The van der Waals surface area contributed by atoms with Crippen molar-refractivity contribution in [3.05, 3.63) is 0 Å². The number of rotatable bonds is 3. The standard InChI is InChI=1S/C9H15NO2/c11-9(12)4-7-5-10(6-7)8-2-1-3-8/h7-8H,1-6H2,(H,11,12). The number of likely N-dealkylation sites (tertiary alicyclic amines) is 1. The highest BCUT2D eigenvalue weighted by Crippen LogP contribution is 2.31. The Balaban J connectivity index is 1.66. The Hall–Kier alpha value is -0.570.